The number of nitrogens with one attached hydrogen (secondary N) is 1. The minimum Gasteiger partial charge on any atom is -0.331 e. The van der Waals surface area contributed by atoms with Crippen molar-refractivity contribution in [2.45, 2.75) is 39.2 Å². The molecule has 0 amide bonds. The van der Waals surface area contributed by atoms with Crippen molar-refractivity contribution >= 4 is 34.9 Å². The van der Waals surface area contributed by atoms with Crippen molar-refractivity contribution in [3.8, 4) is 0 Å². The molecule has 0 aliphatic heterocycles. The molecule has 1 aliphatic rings. The number of fused-ring (bicyclic) bond motifs is 1. The average Bonchev–Trinajstić information content (AvgIpc) is 2.86. The van der Waals surface area contributed by atoms with Crippen LogP contribution < -0.4 is 0 Å². The molecule has 0 spiro atoms. The van der Waals surface area contributed by atoms with Gasteiger partial charge in [0.2, 0.25) is 0 Å². The molecule has 2 aromatic rings. The zero-order chi connectivity index (χ0) is 12.8. The molecule has 1 heterocycles. The summed E-state index contributed by atoms with van der Waals surface area (Å²) in [7, 11) is 0. The minimum absolute atomic E-state index is 0.385. The van der Waals surface area contributed by atoms with Crippen molar-refractivity contribution < 1.29 is 0 Å². The summed E-state index contributed by atoms with van der Waals surface area (Å²) in [6.45, 7) is 3.36. The Kier molecular flexibility index (Phi) is 2.99. The molecule has 0 saturated heterocycles. The number of H-pyrrole nitrogens is 1. The smallest absolute Gasteiger partial charge is 0.178 e. The predicted molar refractivity (Wildman–Crippen MR) is 78.7 cm³/mol. The van der Waals surface area contributed by atoms with Crippen LogP contribution in [-0.4, -0.2) is 9.55 Å². The van der Waals surface area contributed by atoms with Gasteiger partial charge in [0, 0.05) is 11.6 Å². The Balaban J connectivity index is 2.08. The maximum atomic E-state index is 6.09. The fourth-order valence-corrected chi connectivity index (χ4v) is 3.49. The molecule has 1 fully saturated rings. The molecule has 2 nitrogen and oxygen atoms in total. The summed E-state index contributed by atoms with van der Waals surface area (Å²) in [5.41, 5.74) is 2.59. The fourth-order valence-electron chi connectivity index (χ4n) is 3.05. The van der Waals surface area contributed by atoms with Gasteiger partial charge in [-0.25, -0.2) is 0 Å². The van der Waals surface area contributed by atoms with Gasteiger partial charge >= 0.3 is 0 Å². The van der Waals surface area contributed by atoms with Gasteiger partial charge in [-0.2, -0.15) is 0 Å². The highest BCUT2D eigenvalue weighted by Crippen LogP contribution is 2.39. The van der Waals surface area contributed by atoms with Crippen LogP contribution in [0.15, 0.2) is 18.2 Å². The highest BCUT2D eigenvalue weighted by atomic mass is 35.5. The van der Waals surface area contributed by atoms with E-state index < -0.39 is 0 Å². The second-order valence-corrected chi connectivity index (χ2v) is 6.52. The first-order valence-electron chi connectivity index (χ1n) is 6.46. The Hall–Kier alpha value is -0.800. The SMILES string of the molecule is CC1(Cn2c(=S)[nH]c3ccc(Cl)cc32)CCCC1. The van der Waals surface area contributed by atoms with Crippen molar-refractivity contribution in [1.82, 2.24) is 9.55 Å². The number of halogens is 1. The van der Waals surface area contributed by atoms with E-state index >= 15 is 0 Å². The van der Waals surface area contributed by atoms with Gasteiger partial charge in [-0.05, 0) is 48.7 Å². The Morgan fingerprint density at radius 2 is 2.11 bits per heavy atom. The standard InChI is InChI=1S/C14H17ClN2S/c1-14(6-2-3-7-14)9-17-12-8-10(15)4-5-11(12)16-13(17)18/h4-5,8H,2-3,6-7,9H2,1H3,(H,16,18). The second-order valence-electron chi connectivity index (χ2n) is 5.70. The van der Waals surface area contributed by atoms with E-state index in [1.807, 2.05) is 18.2 Å². The van der Waals surface area contributed by atoms with E-state index in [-0.39, 0.29) is 0 Å². The van der Waals surface area contributed by atoms with Gasteiger partial charge in [0.15, 0.2) is 4.77 Å². The van der Waals surface area contributed by atoms with Gasteiger partial charge in [-0.15, -0.1) is 0 Å². The zero-order valence-electron chi connectivity index (χ0n) is 10.5. The third-order valence-corrected chi connectivity index (χ3v) is 4.65. The number of nitrogens with zero attached hydrogens (tertiary/aromatic N) is 1. The van der Waals surface area contributed by atoms with Gasteiger partial charge < -0.3 is 9.55 Å². The number of aromatic amines is 1. The number of rotatable bonds is 2. The molecule has 96 valence electrons. The van der Waals surface area contributed by atoms with Crippen molar-refractivity contribution in [2.24, 2.45) is 5.41 Å². The van der Waals surface area contributed by atoms with Crippen molar-refractivity contribution in [3.05, 3.63) is 28.0 Å². The molecule has 1 aromatic heterocycles. The van der Waals surface area contributed by atoms with E-state index in [1.165, 1.54) is 25.7 Å². The Morgan fingerprint density at radius 1 is 1.39 bits per heavy atom. The van der Waals surface area contributed by atoms with Crippen LogP contribution in [0.2, 0.25) is 5.02 Å². The van der Waals surface area contributed by atoms with Crippen LogP contribution in [0.25, 0.3) is 11.0 Å². The lowest BCUT2D eigenvalue weighted by molar-refractivity contribution is 0.284. The van der Waals surface area contributed by atoms with E-state index in [1.54, 1.807) is 0 Å². The fraction of sp³-hybridized carbons (Fsp3) is 0.500. The normalized spacial score (nSPS) is 18.6. The average molecular weight is 281 g/mol. The van der Waals surface area contributed by atoms with E-state index in [2.05, 4.69) is 16.5 Å². The van der Waals surface area contributed by atoms with E-state index in [9.17, 15) is 0 Å². The summed E-state index contributed by atoms with van der Waals surface area (Å²) in [6, 6.07) is 5.90. The van der Waals surface area contributed by atoms with E-state index in [0.29, 0.717) is 5.41 Å². The number of aromatic nitrogens is 2. The molecule has 4 heteroatoms. The first-order chi connectivity index (χ1) is 8.57. The summed E-state index contributed by atoms with van der Waals surface area (Å²) in [4.78, 5) is 3.26. The molecule has 3 rings (SSSR count). The highest BCUT2D eigenvalue weighted by Gasteiger charge is 2.29. The summed E-state index contributed by atoms with van der Waals surface area (Å²) in [5, 5.41) is 0.766. The van der Waals surface area contributed by atoms with Gasteiger partial charge in [-0.1, -0.05) is 31.4 Å². The van der Waals surface area contributed by atoms with Crippen molar-refractivity contribution in [2.75, 3.05) is 0 Å². The summed E-state index contributed by atoms with van der Waals surface area (Å²) >= 11 is 11.5. The number of imidazole rings is 1. The zero-order valence-corrected chi connectivity index (χ0v) is 12.1. The Bertz CT molecular complexity index is 635. The molecule has 0 unspecified atom stereocenters. The second kappa shape index (κ2) is 4.39. The minimum atomic E-state index is 0.385. The topological polar surface area (TPSA) is 20.7 Å². The molecular weight excluding hydrogens is 264 g/mol. The van der Waals surface area contributed by atoms with Crippen molar-refractivity contribution in [3.63, 3.8) is 0 Å². The summed E-state index contributed by atoms with van der Waals surface area (Å²) in [6.07, 6.45) is 5.27. The van der Waals surface area contributed by atoms with Crippen molar-refractivity contribution in [1.29, 1.82) is 0 Å². The lowest BCUT2D eigenvalue weighted by Gasteiger charge is -2.24. The molecule has 1 N–H and O–H groups in total. The van der Waals surface area contributed by atoms with Gasteiger partial charge in [0.1, 0.15) is 0 Å². The van der Waals surface area contributed by atoms with Crippen LogP contribution in [0.1, 0.15) is 32.6 Å². The maximum Gasteiger partial charge on any atom is 0.178 e. The molecule has 1 aliphatic carbocycles. The molecule has 0 radical (unpaired) electrons. The first-order valence-corrected chi connectivity index (χ1v) is 7.24. The molecule has 0 bridgehead atoms. The lowest BCUT2D eigenvalue weighted by Crippen LogP contribution is -2.19. The molecule has 0 atom stereocenters. The summed E-state index contributed by atoms with van der Waals surface area (Å²) in [5.74, 6) is 0. The quantitative estimate of drug-likeness (QED) is 0.773. The monoisotopic (exact) mass is 280 g/mol. The first kappa shape index (κ1) is 12.2. The molecule has 18 heavy (non-hydrogen) atoms. The van der Waals surface area contributed by atoms with Crippen LogP contribution in [0.5, 0.6) is 0 Å². The number of hydrogen-bond acceptors (Lipinski definition) is 1. The largest absolute Gasteiger partial charge is 0.331 e. The van der Waals surface area contributed by atoms with Crippen LogP contribution in [0.4, 0.5) is 0 Å². The van der Waals surface area contributed by atoms with Crippen LogP contribution in [0.3, 0.4) is 0 Å². The molecule has 1 aromatic carbocycles. The predicted octanol–water partition coefficient (Wildman–Crippen LogP) is 4.93. The Labute approximate surface area is 117 Å². The molecular formula is C14H17ClN2S. The molecule has 1 saturated carbocycles. The van der Waals surface area contributed by atoms with Crippen LogP contribution >= 0.6 is 23.8 Å². The van der Waals surface area contributed by atoms with Gasteiger partial charge in [-0.3, -0.25) is 0 Å². The lowest BCUT2D eigenvalue weighted by atomic mass is 9.89. The van der Waals surface area contributed by atoms with Gasteiger partial charge in [0.05, 0.1) is 11.0 Å². The Morgan fingerprint density at radius 3 is 2.83 bits per heavy atom. The number of hydrogen-bond donors (Lipinski definition) is 1. The van der Waals surface area contributed by atoms with Crippen LogP contribution in [-0.2, 0) is 6.54 Å². The maximum absolute atomic E-state index is 6.09. The highest BCUT2D eigenvalue weighted by molar-refractivity contribution is 7.71. The number of benzene rings is 1. The third kappa shape index (κ3) is 2.10. The van der Waals surface area contributed by atoms with Crippen LogP contribution in [0, 0.1) is 10.2 Å². The van der Waals surface area contributed by atoms with E-state index in [0.717, 1.165) is 27.4 Å². The van der Waals surface area contributed by atoms with Gasteiger partial charge in [0.25, 0.3) is 0 Å². The summed E-state index contributed by atoms with van der Waals surface area (Å²) < 4.78 is 3.02. The van der Waals surface area contributed by atoms with E-state index in [4.69, 9.17) is 23.8 Å². The third-order valence-electron chi connectivity index (χ3n) is 4.09.